The maximum atomic E-state index is 12.1. The van der Waals surface area contributed by atoms with Crippen molar-refractivity contribution < 1.29 is 13.2 Å². The molecule has 0 saturated heterocycles. The van der Waals surface area contributed by atoms with E-state index in [-0.39, 0.29) is 18.2 Å². The van der Waals surface area contributed by atoms with Crippen LogP contribution in [0.15, 0.2) is 16.7 Å². The molecular formula is C12H18BrN3O3S. The van der Waals surface area contributed by atoms with E-state index in [0.717, 1.165) is 17.3 Å². The molecule has 20 heavy (non-hydrogen) atoms. The number of hydrogen-bond donors (Lipinski definition) is 2. The van der Waals surface area contributed by atoms with Crippen molar-refractivity contribution in [1.29, 1.82) is 0 Å². The molecule has 8 heteroatoms. The van der Waals surface area contributed by atoms with E-state index in [9.17, 15) is 13.2 Å². The Morgan fingerprint density at radius 3 is 2.80 bits per heavy atom. The van der Waals surface area contributed by atoms with Crippen molar-refractivity contribution in [2.24, 2.45) is 0 Å². The number of hydrogen-bond acceptors (Lipinski definition) is 3. The number of aromatic nitrogens is 1. The monoisotopic (exact) mass is 363 g/mol. The first-order valence-corrected chi connectivity index (χ1v) is 9.00. The van der Waals surface area contributed by atoms with Gasteiger partial charge in [-0.1, -0.05) is 6.92 Å². The second-order valence-electron chi connectivity index (χ2n) is 4.75. The lowest BCUT2D eigenvalue weighted by Gasteiger charge is -2.09. The van der Waals surface area contributed by atoms with E-state index >= 15 is 0 Å². The van der Waals surface area contributed by atoms with Crippen LogP contribution in [0.5, 0.6) is 0 Å². The molecule has 1 amide bonds. The Morgan fingerprint density at radius 2 is 2.20 bits per heavy atom. The minimum absolute atomic E-state index is 0.0988. The first-order valence-electron chi connectivity index (χ1n) is 6.56. The minimum atomic E-state index is -3.30. The highest BCUT2D eigenvalue weighted by Crippen LogP contribution is 2.37. The van der Waals surface area contributed by atoms with Gasteiger partial charge in [0.05, 0.1) is 5.75 Å². The Morgan fingerprint density at radius 1 is 1.50 bits per heavy atom. The van der Waals surface area contributed by atoms with E-state index in [1.165, 1.54) is 0 Å². The van der Waals surface area contributed by atoms with Gasteiger partial charge in [0, 0.05) is 29.8 Å². The van der Waals surface area contributed by atoms with Gasteiger partial charge in [-0.05, 0) is 34.8 Å². The molecule has 1 aliphatic carbocycles. The molecule has 1 saturated carbocycles. The normalized spacial score (nSPS) is 15.3. The number of carbonyl (C=O) groups excluding carboxylic acids is 1. The van der Waals surface area contributed by atoms with Crippen LogP contribution in [-0.2, 0) is 10.0 Å². The lowest BCUT2D eigenvalue weighted by atomic mass is 10.4. The van der Waals surface area contributed by atoms with Crippen molar-refractivity contribution in [2.75, 3.05) is 18.8 Å². The summed E-state index contributed by atoms with van der Waals surface area (Å²) in [6.07, 6.45) is 4.05. The fraction of sp³-hybridized carbons (Fsp3) is 0.583. The predicted octanol–water partition coefficient (Wildman–Crippen LogP) is 1.25. The molecule has 1 fully saturated rings. The van der Waals surface area contributed by atoms with Crippen LogP contribution in [-0.4, -0.2) is 37.7 Å². The highest BCUT2D eigenvalue weighted by Gasteiger charge is 2.27. The van der Waals surface area contributed by atoms with Gasteiger partial charge >= 0.3 is 0 Å². The molecule has 0 unspecified atom stereocenters. The van der Waals surface area contributed by atoms with Crippen LogP contribution in [0.2, 0.25) is 0 Å². The number of sulfonamides is 1. The molecule has 1 aromatic heterocycles. The molecule has 0 atom stereocenters. The van der Waals surface area contributed by atoms with E-state index in [1.807, 2.05) is 10.8 Å². The van der Waals surface area contributed by atoms with Gasteiger partial charge in [0.1, 0.15) is 5.69 Å². The number of carbonyl (C=O) groups is 1. The molecule has 1 heterocycles. The van der Waals surface area contributed by atoms with Crippen molar-refractivity contribution in [3.63, 3.8) is 0 Å². The zero-order valence-corrected chi connectivity index (χ0v) is 13.6. The Hall–Kier alpha value is -0.860. The molecule has 0 spiro atoms. The zero-order chi connectivity index (χ0) is 14.8. The third kappa shape index (κ3) is 4.07. The van der Waals surface area contributed by atoms with Crippen molar-refractivity contribution in [3.05, 3.63) is 22.4 Å². The molecule has 1 aromatic rings. The van der Waals surface area contributed by atoms with E-state index in [2.05, 4.69) is 26.0 Å². The van der Waals surface area contributed by atoms with Crippen molar-refractivity contribution in [1.82, 2.24) is 14.6 Å². The van der Waals surface area contributed by atoms with Crippen molar-refractivity contribution in [2.45, 2.75) is 25.8 Å². The topological polar surface area (TPSA) is 80.2 Å². The van der Waals surface area contributed by atoms with Crippen LogP contribution in [0.3, 0.4) is 0 Å². The van der Waals surface area contributed by atoms with Gasteiger partial charge in [0.25, 0.3) is 5.91 Å². The van der Waals surface area contributed by atoms with Crippen LogP contribution >= 0.6 is 15.9 Å². The van der Waals surface area contributed by atoms with E-state index in [0.29, 0.717) is 18.3 Å². The number of nitrogens with one attached hydrogen (secondary N) is 2. The fourth-order valence-corrected chi connectivity index (χ4v) is 3.36. The zero-order valence-electron chi connectivity index (χ0n) is 11.2. The van der Waals surface area contributed by atoms with Crippen LogP contribution < -0.4 is 10.0 Å². The van der Waals surface area contributed by atoms with Crippen LogP contribution in [0.1, 0.15) is 36.3 Å². The number of rotatable bonds is 7. The first-order chi connectivity index (χ1) is 9.43. The van der Waals surface area contributed by atoms with E-state index in [1.54, 1.807) is 13.0 Å². The van der Waals surface area contributed by atoms with Gasteiger partial charge in [-0.15, -0.1) is 0 Å². The van der Waals surface area contributed by atoms with Gasteiger partial charge in [0.15, 0.2) is 0 Å². The van der Waals surface area contributed by atoms with Crippen molar-refractivity contribution >= 4 is 31.9 Å². The standard InChI is InChI=1S/C12H18BrN3O3S/c1-2-15-20(18,19)6-5-14-12(17)11-7-9(13)8-16(11)10-3-4-10/h7-8,10,15H,2-6H2,1H3,(H,14,17). The molecule has 0 radical (unpaired) electrons. The second kappa shape index (κ2) is 6.28. The summed E-state index contributed by atoms with van der Waals surface area (Å²) in [6.45, 7) is 2.17. The summed E-state index contributed by atoms with van der Waals surface area (Å²) in [7, 11) is -3.30. The summed E-state index contributed by atoms with van der Waals surface area (Å²) in [5.74, 6) is -0.355. The largest absolute Gasteiger partial charge is 0.350 e. The number of amides is 1. The Balaban J connectivity index is 1.92. The molecule has 6 nitrogen and oxygen atoms in total. The third-order valence-corrected chi connectivity index (χ3v) is 4.91. The smallest absolute Gasteiger partial charge is 0.267 e. The summed E-state index contributed by atoms with van der Waals surface area (Å²) >= 11 is 3.36. The van der Waals surface area contributed by atoms with Crippen molar-refractivity contribution in [3.8, 4) is 0 Å². The highest BCUT2D eigenvalue weighted by molar-refractivity contribution is 9.10. The summed E-state index contributed by atoms with van der Waals surface area (Å²) < 4.78 is 28.1. The Kier molecular flexibility index (Phi) is 4.87. The lowest BCUT2D eigenvalue weighted by molar-refractivity contribution is 0.0946. The summed E-state index contributed by atoms with van der Waals surface area (Å²) in [5.41, 5.74) is 0.570. The summed E-state index contributed by atoms with van der Waals surface area (Å²) in [6, 6.07) is 2.15. The summed E-state index contributed by atoms with van der Waals surface area (Å²) in [4.78, 5) is 12.1. The third-order valence-electron chi connectivity index (χ3n) is 3.01. The fourth-order valence-electron chi connectivity index (χ4n) is 1.96. The van der Waals surface area contributed by atoms with E-state index < -0.39 is 10.0 Å². The second-order valence-corrected chi connectivity index (χ2v) is 7.60. The minimum Gasteiger partial charge on any atom is -0.350 e. The maximum absolute atomic E-state index is 12.1. The van der Waals surface area contributed by atoms with Gasteiger partial charge in [-0.2, -0.15) is 0 Å². The molecule has 0 bridgehead atoms. The Bertz CT molecular complexity index is 593. The van der Waals surface area contributed by atoms with Gasteiger partial charge in [-0.3, -0.25) is 4.79 Å². The molecule has 112 valence electrons. The molecule has 0 aromatic carbocycles. The van der Waals surface area contributed by atoms with Crippen LogP contribution in [0, 0.1) is 0 Å². The molecule has 2 N–H and O–H groups in total. The first kappa shape index (κ1) is 15.5. The molecule has 2 rings (SSSR count). The van der Waals surface area contributed by atoms with Gasteiger partial charge in [-0.25, -0.2) is 13.1 Å². The maximum Gasteiger partial charge on any atom is 0.267 e. The highest BCUT2D eigenvalue weighted by atomic mass is 79.9. The quantitative estimate of drug-likeness (QED) is 0.764. The average molecular weight is 364 g/mol. The number of halogens is 1. The van der Waals surface area contributed by atoms with Crippen LogP contribution in [0.25, 0.3) is 0 Å². The summed E-state index contributed by atoms with van der Waals surface area (Å²) in [5, 5.41) is 2.65. The molecule has 0 aliphatic heterocycles. The SMILES string of the molecule is CCNS(=O)(=O)CCNC(=O)c1cc(Br)cn1C1CC1. The van der Waals surface area contributed by atoms with Gasteiger partial charge < -0.3 is 9.88 Å². The van der Waals surface area contributed by atoms with E-state index in [4.69, 9.17) is 0 Å². The van der Waals surface area contributed by atoms with Gasteiger partial charge in [0.2, 0.25) is 10.0 Å². The number of nitrogens with zero attached hydrogens (tertiary/aromatic N) is 1. The van der Waals surface area contributed by atoms with Crippen LogP contribution in [0.4, 0.5) is 0 Å². The predicted molar refractivity (Wildman–Crippen MR) is 80.2 cm³/mol. The average Bonchev–Trinajstić information content (AvgIpc) is 3.12. The molecular weight excluding hydrogens is 346 g/mol. The molecule has 1 aliphatic rings. The lowest BCUT2D eigenvalue weighted by Crippen LogP contribution is -2.35. The Labute approximate surface area is 127 Å².